The molecule has 0 aromatic heterocycles. The average Bonchev–Trinajstić information content (AvgIpc) is 1.85. The van der Waals surface area contributed by atoms with Gasteiger partial charge in [0, 0.05) is 4.57 Å². The molecule has 1 atom stereocenters. The first-order valence-corrected chi connectivity index (χ1v) is 3.47. The van der Waals surface area contributed by atoms with E-state index >= 15 is 0 Å². The van der Waals surface area contributed by atoms with E-state index in [-0.39, 0.29) is 6.73 Å². The Morgan fingerprint density at radius 1 is 1.67 bits per heavy atom. The van der Waals surface area contributed by atoms with Crippen LogP contribution >= 0.6 is 8.25 Å². The molecule has 0 N–H and O–H groups in total. The molecule has 0 aliphatic rings. The zero-order valence-corrected chi connectivity index (χ0v) is 5.93. The third kappa shape index (κ3) is 5.38. The lowest BCUT2D eigenvalue weighted by molar-refractivity contribution is 0.251. The zero-order valence-electron chi connectivity index (χ0n) is 5.03. The first kappa shape index (κ1) is 8.51. The summed E-state index contributed by atoms with van der Waals surface area (Å²) in [5.41, 5.74) is 0. The van der Waals surface area contributed by atoms with Gasteiger partial charge < -0.3 is 0 Å². The van der Waals surface area contributed by atoms with Crippen molar-refractivity contribution in [2.24, 2.45) is 0 Å². The Morgan fingerprint density at radius 3 is 2.78 bits per heavy atom. The predicted molar refractivity (Wildman–Crippen MR) is 31.8 cm³/mol. The quantitative estimate of drug-likeness (QED) is 0.448. The SMILES string of the molecule is [C-]#[N+]CO[P+](=O)OCC. The highest BCUT2D eigenvalue weighted by molar-refractivity contribution is 7.33. The summed E-state index contributed by atoms with van der Waals surface area (Å²) >= 11 is 0. The Hall–Kier alpha value is -0.490. The maximum absolute atomic E-state index is 10.4. The summed E-state index contributed by atoms with van der Waals surface area (Å²) in [7, 11) is -2.05. The Balaban J connectivity index is 3.19. The molecule has 0 bridgehead atoms. The predicted octanol–water partition coefficient (Wildman–Crippen LogP) is 1.57. The molecule has 0 saturated heterocycles. The molecule has 5 heteroatoms. The first-order valence-electron chi connectivity index (χ1n) is 2.37. The van der Waals surface area contributed by atoms with Gasteiger partial charge in [-0.3, -0.25) is 4.85 Å². The second kappa shape index (κ2) is 5.64. The van der Waals surface area contributed by atoms with Crippen LogP contribution in [0, 0.1) is 6.57 Å². The minimum Gasteiger partial charge on any atom is -0.281 e. The molecule has 9 heavy (non-hydrogen) atoms. The molecule has 50 valence electrons. The maximum atomic E-state index is 10.4. The van der Waals surface area contributed by atoms with Crippen molar-refractivity contribution in [2.45, 2.75) is 6.92 Å². The van der Waals surface area contributed by atoms with Crippen molar-refractivity contribution in [1.29, 1.82) is 0 Å². The average molecular weight is 148 g/mol. The third-order valence-electron chi connectivity index (χ3n) is 0.462. The summed E-state index contributed by atoms with van der Waals surface area (Å²) in [5.74, 6) is 0. The van der Waals surface area contributed by atoms with Gasteiger partial charge in [0.1, 0.15) is 6.61 Å². The summed E-state index contributed by atoms with van der Waals surface area (Å²) in [6, 6.07) is 0. The molecule has 0 amide bonds. The van der Waals surface area contributed by atoms with Crippen molar-refractivity contribution < 1.29 is 13.6 Å². The van der Waals surface area contributed by atoms with Crippen LogP contribution in [0.2, 0.25) is 0 Å². The summed E-state index contributed by atoms with van der Waals surface area (Å²) in [5, 5.41) is 0. The maximum Gasteiger partial charge on any atom is 0.704 e. The van der Waals surface area contributed by atoms with Crippen LogP contribution in [-0.4, -0.2) is 13.3 Å². The molecule has 0 heterocycles. The Bertz CT molecular complexity index is 130. The van der Waals surface area contributed by atoms with E-state index in [1.165, 1.54) is 0 Å². The Labute approximate surface area is 54.5 Å². The lowest BCUT2D eigenvalue weighted by atomic mass is 10.9. The van der Waals surface area contributed by atoms with Crippen molar-refractivity contribution in [3.63, 3.8) is 0 Å². The van der Waals surface area contributed by atoms with Crippen LogP contribution in [0.25, 0.3) is 4.85 Å². The number of hydrogen-bond donors (Lipinski definition) is 0. The molecule has 0 aromatic carbocycles. The first-order chi connectivity index (χ1) is 4.31. The van der Waals surface area contributed by atoms with Gasteiger partial charge in [0.05, 0.1) is 0 Å². The molecule has 0 radical (unpaired) electrons. The van der Waals surface area contributed by atoms with E-state index in [1.807, 2.05) is 0 Å². The van der Waals surface area contributed by atoms with E-state index in [1.54, 1.807) is 6.92 Å². The van der Waals surface area contributed by atoms with Gasteiger partial charge in [-0.2, -0.15) is 0 Å². The fourth-order valence-corrected chi connectivity index (χ4v) is 0.656. The number of rotatable bonds is 4. The summed E-state index contributed by atoms with van der Waals surface area (Å²) < 4.78 is 19.2. The standard InChI is InChI=1S/C4H7NO3P/c1-3-7-9(6)8-4-5-2/h3-4H2,1H3/q+1. The van der Waals surface area contributed by atoms with Gasteiger partial charge in [-0.25, -0.2) is 6.57 Å². The van der Waals surface area contributed by atoms with Gasteiger partial charge in [-0.15, -0.1) is 4.52 Å². The normalized spacial score (nSPS) is 10.4. The van der Waals surface area contributed by atoms with Crippen molar-refractivity contribution in [3.8, 4) is 0 Å². The monoisotopic (exact) mass is 148 g/mol. The van der Waals surface area contributed by atoms with Crippen molar-refractivity contribution in [1.82, 2.24) is 0 Å². The molecule has 0 aromatic rings. The van der Waals surface area contributed by atoms with Crippen LogP contribution in [0.4, 0.5) is 0 Å². The molecule has 0 fully saturated rings. The molecule has 0 aliphatic carbocycles. The van der Waals surface area contributed by atoms with Crippen LogP contribution in [0.5, 0.6) is 0 Å². The number of hydrogen-bond acceptors (Lipinski definition) is 3. The van der Waals surface area contributed by atoms with Crippen LogP contribution < -0.4 is 0 Å². The number of nitrogens with zero attached hydrogens (tertiary/aromatic N) is 1. The Kier molecular flexibility index (Phi) is 5.34. The molecular weight excluding hydrogens is 141 g/mol. The second-order valence-electron chi connectivity index (χ2n) is 1.06. The van der Waals surface area contributed by atoms with Crippen molar-refractivity contribution in [2.75, 3.05) is 13.3 Å². The Morgan fingerprint density at radius 2 is 2.33 bits per heavy atom. The van der Waals surface area contributed by atoms with E-state index in [0.717, 1.165) is 0 Å². The van der Waals surface area contributed by atoms with E-state index in [9.17, 15) is 4.57 Å². The van der Waals surface area contributed by atoms with E-state index in [0.29, 0.717) is 6.61 Å². The summed E-state index contributed by atoms with van der Waals surface area (Å²) in [6.45, 7) is 8.09. The van der Waals surface area contributed by atoms with Gasteiger partial charge >= 0.3 is 15.0 Å². The fourth-order valence-electron chi connectivity index (χ4n) is 0.219. The van der Waals surface area contributed by atoms with Crippen LogP contribution in [0.1, 0.15) is 6.92 Å². The van der Waals surface area contributed by atoms with E-state index < -0.39 is 8.25 Å². The summed E-state index contributed by atoms with van der Waals surface area (Å²) in [6.07, 6.45) is 0. The van der Waals surface area contributed by atoms with Gasteiger partial charge in [0.15, 0.2) is 0 Å². The van der Waals surface area contributed by atoms with Crippen LogP contribution in [-0.2, 0) is 13.6 Å². The molecule has 0 rings (SSSR count). The van der Waals surface area contributed by atoms with Crippen LogP contribution in [0.15, 0.2) is 0 Å². The summed E-state index contributed by atoms with van der Waals surface area (Å²) in [4.78, 5) is 2.82. The van der Waals surface area contributed by atoms with Crippen molar-refractivity contribution in [3.05, 3.63) is 11.4 Å². The van der Waals surface area contributed by atoms with Gasteiger partial charge in [0.25, 0.3) is 0 Å². The minimum atomic E-state index is -2.05. The zero-order chi connectivity index (χ0) is 7.11. The molecular formula is C4H7NO3P+. The minimum absolute atomic E-state index is 0.199. The lowest BCUT2D eigenvalue weighted by Crippen LogP contribution is -1.82. The highest BCUT2D eigenvalue weighted by Crippen LogP contribution is 2.22. The van der Waals surface area contributed by atoms with Gasteiger partial charge in [0.2, 0.25) is 0 Å². The van der Waals surface area contributed by atoms with E-state index in [4.69, 9.17) is 6.57 Å². The highest BCUT2D eigenvalue weighted by Gasteiger charge is 2.19. The third-order valence-corrected chi connectivity index (χ3v) is 1.26. The molecule has 1 unspecified atom stereocenters. The molecule has 0 spiro atoms. The van der Waals surface area contributed by atoms with Crippen molar-refractivity contribution >= 4 is 8.25 Å². The lowest BCUT2D eigenvalue weighted by Gasteiger charge is -1.76. The smallest absolute Gasteiger partial charge is 0.281 e. The van der Waals surface area contributed by atoms with Crippen LogP contribution in [0.3, 0.4) is 0 Å². The van der Waals surface area contributed by atoms with Gasteiger partial charge in [-0.1, -0.05) is 0 Å². The van der Waals surface area contributed by atoms with Gasteiger partial charge in [-0.05, 0) is 11.4 Å². The second-order valence-corrected chi connectivity index (χ2v) is 2.02. The molecule has 0 aliphatic heterocycles. The topological polar surface area (TPSA) is 39.9 Å². The van der Waals surface area contributed by atoms with E-state index in [2.05, 4.69) is 13.9 Å². The molecule has 4 nitrogen and oxygen atoms in total. The molecule has 0 saturated carbocycles. The fraction of sp³-hybridized carbons (Fsp3) is 0.750. The highest BCUT2D eigenvalue weighted by atomic mass is 31.1. The largest absolute Gasteiger partial charge is 0.704 e.